The van der Waals surface area contributed by atoms with Crippen molar-refractivity contribution in [3.63, 3.8) is 0 Å². The first-order chi connectivity index (χ1) is 7.24. The van der Waals surface area contributed by atoms with E-state index in [1.165, 1.54) is 0 Å². The molecule has 0 aliphatic carbocycles. The Morgan fingerprint density at radius 2 is 1.87 bits per heavy atom. The number of halogens is 1. The van der Waals surface area contributed by atoms with Gasteiger partial charge in [-0.2, -0.15) is 4.98 Å². The maximum absolute atomic E-state index is 5.80. The van der Waals surface area contributed by atoms with Gasteiger partial charge in [0.2, 0.25) is 0 Å². The molecular weight excluding hydrogens is 212 g/mol. The Hall–Kier alpha value is -1.74. The van der Waals surface area contributed by atoms with E-state index < -0.39 is 0 Å². The lowest BCUT2D eigenvalue weighted by Crippen LogP contribution is -2.08. The van der Waals surface area contributed by atoms with Crippen LogP contribution in [0.3, 0.4) is 0 Å². The summed E-state index contributed by atoms with van der Waals surface area (Å²) in [4.78, 5) is 2.86. The van der Waals surface area contributed by atoms with E-state index in [0.717, 1.165) is 5.75 Å². The van der Waals surface area contributed by atoms with Gasteiger partial charge in [-0.1, -0.05) is 18.2 Å². The number of aromatic nitrogens is 1. The number of nitrogen functional groups attached to an aromatic ring is 1. The molecule has 4 heteroatoms. The Balaban J connectivity index is 2.25. The van der Waals surface area contributed by atoms with Gasteiger partial charge in [-0.25, -0.2) is 0 Å². The molecule has 0 saturated carbocycles. The summed E-state index contributed by atoms with van der Waals surface area (Å²) in [6.07, 6.45) is 0. The Labute approximate surface area is 92.5 Å². The number of pyridine rings is 1. The number of rotatable bonds is 2. The largest absolute Gasteiger partial charge is 0.405 e. The third-order valence-electron chi connectivity index (χ3n) is 1.80. The first-order valence-corrected chi connectivity index (χ1v) is 4.83. The Morgan fingerprint density at radius 3 is 2.53 bits per heavy atom. The first kappa shape index (κ1) is 9.80. The van der Waals surface area contributed by atoms with Crippen LogP contribution in [0.25, 0.3) is 0 Å². The number of para-hydroxylation sites is 1. The van der Waals surface area contributed by atoms with E-state index >= 15 is 0 Å². The first-order valence-electron chi connectivity index (χ1n) is 4.45. The highest BCUT2D eigenvalue weighted by Gasteiger charge is 2.07. The molecular formula is C11H10ClN2O+. The number of aromatic amines is 1. The number of hydrogen-bond donors (Lipinski definition) is 1. The van der Waals surface area contributed by atoms with Crippen molar-refractivity contribution >= 4 is 17.3 Å². The van der Waals surface area contributed by atoms with Crippen LogP contribution in [0.15, 0.2) is 42.5 Å². The topological polar surface area (TPSA) is 49.4 Å². The highest BCUT2D eigenvalue weighted by Crippen LogP contribution is 2.19. The summed E-state index contributed by atoms with van der Waals surface area (Å²) >= 11 is 5.80. The number of H-pyrrole nitrogens is 1. The fourth-order valence-corrected chi connectivity index (χ4v) is 1.42. The molecule has 1 heterocycles. The molecule has 2 rings (SSSR count). The smallest absolute Gasteiger partial charge is 0.374 e. The SMILES string of the molecule is Nc1cc(Cl)[nH+]c(Oc2ccccc2)c1. The molecule has 1 aromatic carbocycles. The van der Waals surface area contributed by atoms with Gasteiger partial charge in [0, 0.05) is 11.8 Å². The second-order valence-corrected chi connectivity index (χ2v) is 3.45. The lowest BCUT2D eigenvalue weighted by atomic mass is 10.3. The van der Waals surface area contributed by atoms with Crippen LogP contribution >= 0.6 is 11.6 Å². The Kier molecular flexibility index (Phi) is 2.74. The minimum atomic E-state index is 0.445. The zero-order chi connectivity index (χ0) is 10.7. The van der Waals surface area contributed by atoms with Gasteiger partial charge >= 0.3 is 5.88 Å². The van der Waals surface area contributed by atoms with Crippen molar-refractivity contribution in [2.45, 2.75) is 0 Å². The summed E-state index contributed by atoms with van der Waals surface area (Å²) in [5.41, 5.74) is 6.19. The quantitative estimate of drug-likeness (QED) is 0.793. The zero-order valence-electron chi connectivity index (χ0n) is 7.91. The van der Waals surface area contributed by atoms with Gasteiger partial charge in [0.25, 0.3) is 5.15 Å². The third kappa shape index (κ3) is 2.60. The molecule has 0 aliphatic rings. The molecule has 0 unspecified atom stereocenters. The number of anilines is 1. The van der Waals surface area contributed by atoms with Crippen LogP contribution in [-0.4, -0.2) is 0 Å². The molecule has 0 spiro atoms. The van der Waals surface area contributed by atoms with Gasteiger partial charge < -0.3 is 10.5 Å². The Morgan fingerprint density at radius 1 is 1.13 bits per heavy atom. The van der Waals surface area contributed by atoms with Gasteiger partial charge in [-0.05, 0) is 23.7 Å². The number of benzene rings is 1. The molecule has 2 aromatic rings. The Bertz CT molecular complexity index is 439. The molecule has 15 heavy (non-hydrogen) atoms. The summed E-state index contributed by atoms with van der Waals surface area (Å²) in [7, 11) is 0. The monoisotopic (exact) mass is 221 g/mol. The predicted molar refractivity (Wildman–Crippen MR) is 58.9 cm³/mol. The highest BCUT2D eigenvalue weighted by atomic mass is 35.5. The summed E-state index contributed by atoms with van der Waals surface area (Å²) in [5, 5.41) is 0.445. The normalized spacial score (nSPS) is 9.93. The maximum atomic E-state index is 5.80. The molecule has 0 radical (unpaired) electrons. The molecule has 76 valence electrons. The molecule has 0 bridgehead atoms. The van der Waals surface area contributed by atoms with Crippen molar-refractivity contribution in [1.82, 2.24) is 0 Å². The fraction of sp³-hybridized carbons (Fsp3) is 0. The molecule has 0 atom stereocenters. The lowest BCUT2D eigenvalue weighted by Gasteiger charge is -2.00. The van der Waals surface area contributed by atoms with Gasteiger partial charge in [0.1, 0.15) is 5.75 Å². The van der Waals surface area contributed by atoms with E-state index in [2.05, 4.69) is 4.98 Å². The minimum Gasteiger partial charge on any atom is -0.405 e. The van der Waals surface area contributed by atoms with E-state index in [9.17, 15) is 0 Å². The van der Waals surface area contributed by atoms with Crippen LogP contribution in [0.5, 0.6) is 11.6 Å². The van der Waals surface area contributed by atoms with E-state index in [1.807, 2.05) is 30.3 Å². The zero-order valence-corrected chi connectivity index (χ0v) is 8.66. The molecule has 3 nitrogen and oxygen atoms in total. The van der Waals surface area contributed by atoms with Crippen LogP contribution in [-0.2, 0) is 0 Å². The van der Waals surface area contributed by atoms with E-state index in [4.69, 9.17) is 22.1 Å². The van der Waals surface area contributed by atoms with Crippen molar-refractivity contribution in [1.29, 1.82) is 0 Å². The minimum absolute atomic E-state index is 0.445. The van der Waals surface area contributed by atoms with Gasteiger partial charge in [-0.15, -0.1) is 0 Å². The lowest BCUT2D eigenvalue weighted by molar-refractivity contribution is -0.388. The summed E-state index contributed by atoms with van der Waals surface area (Å²) in [6, 6.07) is 12.7. The molecule has 1 aromatic heterocycles. The standard InChI is InChI=1S/C11H9ClN2O/c12-10-6-8(13)7-11(14-10)15-9-4-2-1-3-5-9/h1-7H,(H2,13,14)/p+1. The predicted octanol–water partition coefficient (Wildman–Crippen LogP) is 2.53. The van der Waals surface area contributed by atoms with Crippen LogP contribution < -0.4 is 15.5 Å². The molecule has 3 N–H and O–H groups in total. The molecule has 0 amide bonds. The summed E-state index contributed by atoms with van der Waals surface area (Å²) in [6.45, 7) is 0. The van der Waals surface area contributed by atoms with Crippen molar-refractivity contribution in [2.75, 3.05) is 5.73 Å². The maximum Gasteiger partial charge on any atom is 0.374 e. The van der Waals surface area contributed by atoms with E-state index in [1.54, 1.807) is 12.1 Å². The van der Waals surface area contributed by atoms with E-state index in [-0.39, 0.29) is 0 Å². The fourth-order valence-electron chi connectivity index (χ4n) is 1.20. The summed E-state index contributed by atoms with van der Waals surface area (Å²) < 4.78 is 5.52. The van der Waals surface area contributed by atoms with Gasteiger partial charge in [-0.3, -0.25) is 0 Å². The molecule has 0 aliphatic heterocycles. The van der Waals surface area contributed by atoms with Crippen molar-refractivity contribution in [3.05, 3.63) is 47.6 Å². The number of hydrogen-bond acceptors (Lipinski definition) is 2. The molecule has 0 saturated heterocycles. The molecule has 0 fully saturated rings. The second-order valence-electron chi connectivity index (χ2n) is 3.04. The van der Waals surface area contributed by atoms with E-state index in [0.29, 0.717) is 16.7 Å². The average molecular weight is 222 g/mol. The van der Waals surface area contributed by atoms with Crippen molar-refractivity contribution < 1.29 is 9.72 Å². The van der Waals surface area contributed by atoms with Gasteiger partial charge in [0.15, 0.2) is 0 Å². The highest BCUT2D eigenvalue weighted by molar-refractivity contribution is 6.28. The number of nitrogens with two attached hydrogens (primary N) is 1. The van der Waals surface area contributed by atoms with Crippen LogP contribution in [0, 0.1) is 0 Å². The van der Waals surface area contributed by atoms with Crippen molar-refractivity contribution in [2.24, 2.45) is 0 Å². The van der Waals surface area contributed by atoms with Crippen LogP contribution in [0.4, 0.5) is 5.69 Å². The summed E-state index contributed by atoms with van der Waals surface area (Å²) in [5.74, 6) is 1.25. The third-order valence-corrected chi connectivity index (χ3v) is 2.01. The average Bonchev–Trinajstić information content (AvgIpc) is 2.17. The number of nitrogens with one attached hydrogen (secondary N) is 1. The van der Waals surface area contributed by atoms with Gasteiger partial charge in [0.05, 0.1) is 6.07 Å². The van der Waals surface area contributed by atoms with Crippen LogP contribution in [0.1, 0.15) is 0 Å². The van der Waals surface area contributed by atoms with Crippen molar-refractivity contribution in [3.8, 4) is 11.6 Å². The van der Waals surface area contributed by atoms with Crippen LogP contribution in [0.2, 0.25) is 5.15 Å². The second kappa shape index (κ2) is 4.19. The number of ether oxygens (including phenoxy) is 1.